The fourth-order valence-corrected chi connectivity index (χ4v) is 1.17. The second kappa shape index (κ2) is 3.10. The zero-order valence-corrected chi connectivity index (χ0v) is 6.08. The molecular formula is C6H10N4O. The van der Waals surface area contributed by atoms with Crippen molar-refractivity contribution >= 4 is 6.03 Å². The predicted molar refractivity (Wildman–Crippen MR) is 38.3 cm³/mol. The van der Waals surface area contributed by atoms with Gasteiger partial charge in [-0.25, -0.2) is 4.79 Å². The second-order valence-corrected chi connectivity index (χ2v) is 2.54. The smallest absolute Gasteiger partial charge is 0.312 e. The molecule has 1 aliphatic rings. The quantitative estimate of drug-likeness (QED) is 0.485. The summed E-state index contributed by atoms with van der Waals surface area (Å²) >= 11 is 0. The van der Waals surface area contributed by atoms with Crippen LogP contribution in [0.15, 0.2) is 0 Å². The molecule has 5 nitrogen and oxygen atoms in total. The molecule has 1 atom stereocenters. The van der Waals surface area contributed by atoms with E-state index < -0.39 is 6.03 Å². The summed E-state index contributed by atoms with van der Waals surface area (Å²) in [5, 5.41) is 11.0. The molecule has 0 bridgehead atoms. The van der Waals surface area contributed by atoms with Gasteiger partial charge in [-0.3, -0.25) is 0 Å². The first kappa shape index (κ1) is 7.66. The van der Waals surface area contributed by atoms with Gasteiger partial charge in [-0.1, -0.05) is 0 Å². The van der Waals surface area contributed by atoms with Crippen molar-refractivity contribution in [1.29, 1.82) is 5.26 Å². The third-order valence-corrected chi connectivity index (χ3v) is 1.68. The van der Waals surface area contributed by atoms with E-state index in [1.54, 1.807) is 4.90 Å². The molecule has 0 saturated carbocycles. The van der Waals surface area contributed by atoms with Gasteiger partial charge in [0.25, 0.3) is 0 Å². The van der Waals surface area contributed by atoms with Gasteiger partial charge in [-0.2, -0.15) is 5.26 Å². The molecule has 1 rings (SSSR count). The van der Waals surface area contributed by atoms with Gasteiger partial charge in [0, 0.05) is 13.1 Å². The Morgan fingerprint density at radius 3 is 3.00 bits per heavy atom. The molecule has 1 heterocycles. The molecule has 1 fully saturated rings. The molecule has 0 spiro atoms. The van der Waals surface area contributed by atoms with Gasteiger partial charge in [0.05, 0.1) is 6.04 Å². The van der Waals surface area contributed by atoms with Crippen LogP contribution in [0, 0.1) is 11.5 Å². The molecule has 0 aliphatic carbocycles. The third kappa shape index (κ3) is 2.00. The van der Waals surface area contributed by atoms with Crippen LogP contribution in [0.5, 0.6) is 0 Å². The van der Waals surface area contributed by atoms with Crippen molar-refractivity contribution in [3.05, 3.63) is 0 Å². The van der Waals surface area contributed by atoms with Crippen molar-refractivity contribution in [2.45, 2.75) is 12.5 Å². The van der Waals surface area contributed by atoms with Crippen molar-refractivity contribution in [3.8, 4) is 6.19 Å². The predicted octanol–water partition coefficient (Wildman–Crippen LogP) is -0.790. The summed E-state index contributed by atoms with van der Waals surface area (Å²) in [4.78, 5) is 12.0. The molecule has 11 heavy (non-hydrogen) atoms. The van der Waals surface area contributed by atoms with Gasteiger partial charge in [-0.05, 0) is 6.42 Å². The van der Waals surface area contributed by atoms with Crippen LogP contribution in [-0.4, -0.2) is 30.1 Å². The summed E-state index contributed by atoms with van der Waals surface area (Å²) in [7, 11) is 0. The number of primary amides is 1. The Bertz CT molecular complexity index is 197. The topological polar surface area (TPSA) is 82.2 Å². The van der Waals surface area contributed by atoms with E-state index in [2.05, 4.69) is 5.32 Å². The number of nitrogens with two attached hydrogens (primary N) is 1. The Hall–Kier alpha value is -1.44. The fourth-order valence-electron chi connectivity index (χ4n) is 1.17. The van der Waals surface area contributed by atoms with Crippen molar-refractivity contribution < 1.29 is 4.79 Å². The Morgan fingerprint density at radius 2 is 2.55 bits per heavy atom. The van der Waals surface area contributed by atoms with E-state index in [1.165, 1.54) is 0 Å². The van der Waals surface area contributed by atoms with E-state index in [4.69, 9.17) is 11.0 Å². The highest BCUT2D eigenvalue weighted by atomic mass is 16.2. The number of nitrogens with zero attached hydrogens (tertiary/aromatic N) is 2. The summed E-state index contributed by atoms with van der Waals surface area (Å²) in [6.07, 6.45) is 2.81. The monoisotopic (exact) mass is 154 g/mol. The summed E-state index contributed by atoms with van der Waals surface area (Å²) in [5.41, 5.74) is 4.91. The number of urea groups is 1. The maximum Gasteiger partial charge on any atom is 0.312 e. The lowest BCUT2D eigenvalue weighted by Gasteiger charge is -2.08. The average molecular weight is 154 g/mol. The largest absolute Gasteiger partial charge is 0.352 e. The number of carbonyl (C=O) groups is 1. The fraction of sp³-hybridized carbons (Fsp3) is 0.667. The first-order valence-corrected chi connectivity index (χ1v) is 3.43. The molecule has 0 radical (unpaired) electrons. The molecule has 60 valence electrons. The van der Waals surface area contributed by atoms with Gasteiger partial charge >= 0.3 is 6.03 Å². The minimum Gasteiger partial charge on any atom is -0.352 e. The normalized spacial score (nSPS) is 22.8. The highest BCUT2D eigenvalue weighted by Crippen LogP contribution is 2.06. The van der Waals surface area contributed by atoms with Crippen molar-refractivity contribution in [2.75, 3.05) is 13.1 Å². The van der Waals surface area contributed by atoms with E-state index in [-0.39, 0.29) is 6.04 Å². The average Bonchev–Trinajstić information content (AvgIpc) is 2.34. The SMILES string of the molecule is N#CN1CC[C@@H](NC(N)=O)C1. The number of nitrogens with one attached hydrogen (secondary N) is 1. The zero-order chi connectivity index (χ0) is 8.27. The zero-order valence-electron chi connectivity index (χ0n) is 6.08. The van der Waals surface area contributed by atoms with E-state index in [1.807, 2.05) is 6.19 Å². The molecule has 2 amide bonds. The van der Waals surface area contributed by atoms with E-state index >= 15 is 0 Å². The van der Waals surface area contributed by atoms with Gasteiger partial charge in [0.2, 0.25) is 0 Å². The number of carbonyl (C=O) groups excluding carboxylic acids is 1. The lowest BCUT2D eigenvalue weighted by molar-refractivity contribution is 0.245. The summed E-state index contributed by atoms with van der Waals surface area (Å²) in [5.74, 6) is 0. The molecule has 1 aliphatic heterocycles. The Balaban J connectivity index is 2.31. The first-order valence-electron chi connectivity index (χ1n) is 3.43. The number of hydrogen-bond donors (Lipinski definition) is 2. The van der Waals surface area contributed by atoms with Gasteiger partial charge < -0.3 is 16.0 Å². The van der Waals surface area contributed by atoms with Crippen LogP contribution >= 0.6 is 0 Å². The first-order chi connectivity index (χ1) is 5.22. The van der Waals surface area contributed by atoms with Crippen LogP contribution in [0.4, 0.5) is 4.79 Å². The highest BCUT2D eigenvalue weighted by molar-refractivity contribution is 5.72. The molecule has 0 aromatic rings. The minimum absolute atomic E-state index is 0.0483. The number of nitriles is 1. The van der Waals surface area contributed by atoms with Gasteiger partial charge in [0.15, 0.2) is 6.19 Å². The Kier molecular flexibility index (Phi) is 2.16. The van der Waals surface area contributed by atoms with Crippen LogP contribution in [0.25, 0.3) is 0 Å². The van der Waals surface area contributed by atoms with Crippen LogP contribution in [-0.2, 0) is 0 Å². The molecule has 0 aromatic heterocycles. The van der Waals surface area contributed by atoms with Crippen LogP contribution in [0.1, 0.15) is 6.42 Å². The molecule has 5 heteroatoms. The summed E-state index contributed by atoms with van der Waals surface area (Å²) in [6, 6.07) is -0.470. The van der Waals surface area contributed by atoms with Crippen LogP contribution in [0.2, 0.25) is 0 Å². The molecule has 0 aromatic carbocycles. The summed E-state index contributed by atoms with van der Waals surface area (Å²) < 4.78 is 0. The maximum atomic E-state index is 10.4. The maximum absolute atomic E-state index is 10.4. The number of rotatable bonds is 1. The van der Waals surface area contributed by atoms with Crippen molar-refractivity contribution in [1.82, 2.24) is 10.2 Å². The second-order valence-electron chi connectivity index (χ2n) is 2.54. The van der Waals surface area contributed by atoms with E-state index in [0.29, 0.717) is 13.1 Å². The van der Waals surface area contributed by atoms with Crippen molar-refractivity contribution in [3.63, 3.8) is 0 Å². The molecule has 1 saturated heterocycles. The van der Waals surface area contributed by atoms with E-state index in [0.717, 1.165) is 6.42 Å². The molecule has 3 N–H and O–H groups in total. The number of likely N-dealkylation sites (tertiary alicyclic amines) is 1. The molecular weight excluding hydrogens is 144 g/mol. The lowest BCUT2D eigenvalue weighted by atomic mass is 10.3. The van der Waals surface area contributed by atoms with Crippen LogP contribution < -0.4 is 11.1 Å². The van der Waals surface area contributed by atoms with Crippen molar-refractivity contribution in [2.24, 2.45) is 5.73 Å². The summed E-state index contributed by atoms with van der Waals surface area (Å²) in [6.45, 7) is 1.29. The lowest BCUT2D eigenvalue weighted by Crippen LogP contribution is -2.39. The highest BCUT2D eigenvalue weighted by Gasteiger charge is 2.21. The van der Waals surface area contributed by atoms with E-state index in [9.17, 15) is 4.79 Å². The third-order valence-electron chi connectivity index (χ3n) is 1.68. The molecule has 0 unspecified atom stereocenters. The minimum atomic E-state index is -0.519. The Labute approximate surface area is 64.8 Å². The van der Waals surface area contributed by atoms with Gasteiger partial charge in [-0.15, -0.1) is 0 Å². The number of amides is 2. The van der Waals surface area contributed by atoms with Crippen LogP contribution in [0.3, 0.4) is 0 Å². The Morgan fingerprint density at radius 1 is 1.82 bits per heavy atom. The van der Waals surface area contributed by atoms with Gasteiger partial charge in [0.1, 0.15) is 0 Å². The standard InChI is InChI=1S/C6H10N4O/c7-4-10-2-1-5(3-10)9-6(8)11/h5H,1-3H2,(H3,8,9,11)/t5-/m1/s1. The number of hydrogen-bond acceptors (Lipinski definition) is 3.